The van der Waals surface area contributed by atoms with Crippen molar-refractivity contribution in [2.45, 2.75) is 51.0 Å². The number of aliphatic carboxylic acids is 2. The molecule has 1 atom stereocenters. The number of rotatable bonds is 4. The number of carboxylic acids is 2. The molecule has 1 amide bonds. The van der Waals surface area contributed by atoms with E-state index in [2.05, 4.69) is 60.0 Å². The first-order chi connectivity index (χ1) is 18.5. The molecule has 0 bridgehead atoms. The van der Waals surface area contributed by atoms with E-state index in [9.17, 15) is 31.1 Å². The second kappa shape index (κ2) is 13.0. The Morgan fingerprint density at radius 2 is 1.48 bits per heavy atom. The summed E-state index contributed by atoms with van der Waals surface area (Å²) in [6.45, 7) is 7.70. The fraction of sp³-hybridized carbons (Fsp3) is 0.462. The van der Waals surface area contributed by atoms with Crippen molar-refractivity contribution in [3.63, 3.8) is 0 Å². The highest BCUT2D eigenvalue weighted by molar-refractivity contribution is 5.77. The number of carboxylic acid groups (broad SMARTS) is 2. The summed E-state index contributed by atoms with van der Waals surface area (Å²) in [6, 6.07) is 14.8. The average Bonchev–Trinajstić information content (AvgIpc) is 3.41. The number of carbonyl (C=O) groups is 3. The van der Waals surface area contributed by atoms with Crippen LogP contribution in [0, 0.1) is 5.92 Å². The molecule has 40 heavy (non-hydrogen) atoms. The number of halogens is 6. The van der Waals surface area contributed by atoms with Gasteiger partial charge >= 0.3 is 24.3 Å². The topological polar surface area (TPSA) is 111 Å². The minimum absolute atomic E-state index is 0.0159. The van der Waals surface area contributed by atoms with E-state index >= 15 is 0 Å². The highest BCUT2D eigenvalue weighted by Crippen LogP contribution is 2.45. The van der Waals surface area contributed by atoms with E-state index in [1.807, 2.05) is 12.3 Å². The largest absolute Gasteiger partial charge is 0.490 e. The van der Waals surface area contributed by atoms with Gasteiger partial charge in [0.05, 0.1) is 16.8 Å². The van der Waals surface area contributed by atoms with Crippen LogP contribution in [0.25, 0.3) is 0 Å². The Balaban J connectivity index is 0.000000333. The van der Waals surface area contributed by atoms with Gasteiger partial charge in [-0.15, -0.1) is 0 Å². The maximum atomic E-state index is 12.6. The maximum Gasteiger partial charge on any atom is 0.490 e. The number of benzene rings is 1. The minimum atomic E-state index is -5.08. The Hall–Kier alpha value is -3.84. The third kappa shape index (κ3) is 8.85. The molecular formula is C26H29F6N3O5. The van der Waals surface area contributed by atoms with Crippen LogP contribution in [0.2, 0.25) is 0 Å². The summed E-state index contributed by atoms with van der Waals surface area (Å²) in [5.41, 5.74) is 3.70. The van der Waals surface area contributed by atoms with Crippen LogP contribution >= 0.6 is 0 Å². The Morgan fingerprint density at radius 3 is 1.98 bits per heavy atom. The molecule has 1 aromatic heterocycles. The number of alkyl halides is 6. The van der Waals surface area contributed by atoms with Crippen LogP contribution in [0.5, 0.6) is 0 Å². The molecule has 0 radical (unpaired) electrons. The zero-order valence-electron chi connectivity index (χ0n) is 21.7. The fourth-order valence-electron chi connectivity index (χ4n) is 4.42. The van der Waals surface area contributed by atoms with E-state index in [0.717, 1.165) is 32.6 Å². The summed E-state index contributed by atoms with van der Waals surface area (Å²) in [6.07, 6.45) is -6.63. The normalized spacial score (nSPS) is 18.0. The number of nitrogens with zero attached hydrogens (tertiary/aromatic N) is 3. The number of hydrogen-bond acceptors (Lipinski definition) is 5. The molecule has 8 nitrogen and oxygen atoms in total. The average molecular weight is 578 g/mol. The van der Waals surface area contributed by atoms with Crippen molar-refractivity contribution >= 4 is 23.5 Å². The SMILES string of the molecule is CC(C)CC(=O)N1CCC2(C1)CN(Cc1ccccc1)c1cccnc12.O=C(O)C(F)(F)F.O=C(O)C(F)(F)F. The van der Waals surface area contributed by atoms with Crippen LogP contribution < -0.4 is 4.90 Å². The number of anilines is 1. The molecule has 4 rings (SSSR count). The lowest BCUT2D eigenvalue weighted by molar-refractivity contribution is -0.193. The van der Waals surface area contributed by atoms with Gasteiger partial charge in [0.15, 0.2) is 0 Å². The van der Waals surface area contributed by atoms with Crippen LogP contribution in [-0.2, 0) is 26.3 Å². The summed E-state index contributed by atoms with van der Waals surface area (Å²) in [4.78, 5) is 39.6. The van der Waals surface area contributed by atoms with Crippen molar-refractivity contribution in [1.82, 2.24) is 9.88 Å². The van der Waals surface area contributed by atoms with Gasteiger partial charge in [-0.3, -0.25) is 9.78 Å². The van der Waals surface area contributed by atoms with Gasteiger partial charge < -0.3 is 20.0 Å². The van der Waals surface area contributed by atoms with Crippen molar-refractivity contribution in [2.75, 3.05) is 24.5 Å². The van der Waals surface area contributed by atoms with E-state index < -0.39 is 24.3 Å². The molecule has 1 aromatic carbocycles. The van der Waals surface area contributed by atoms with E-state index in [4.69, 9.17) is 24.8 Å². The predicted molar refractivity (Wildman–Crippen MR) is 131 cm³/mol. The number of pyridine rings is 1. The van der Waals surface area contributed by atoms with Crippen molar-refractivity contribution in [3.05, 3.63) is 59.9 Å². The van der Waals surface area contributed by atoms with Crippen molar-refractivity contribution in [3.8, 4) is 0 Å². The summed E-state index contributed by atoms with van der Waals surface area (Å²) >= 11 is 0. The van der Waals surface area contributed by atoms with Crippen LogP contribution in [0.3, 0.4) is 0 Å². The Bertz CT molecular complexity index is 1150. The molecule has 2 aliphatic rings. The third-order valence-corrected chi connectivity index (χ3v) is 6.11. The Morgan fingerprint density at radius 1 is 0.925 bits per heavy atom. The second-order valence-corrected chi connectivity index (χ2v) is 9.76. The van der Waals surface area contributed by atoms with E-state index in [-0.39, 0.29) is 11.3 Å². The molecule has 2 aliphatic heterocycles. The molecule has 0 aliphatic carbocycles. The molecule has 1 spiro atoms. The maximum absolute atomic E-state index is 12.6. The summed E-state index contributed by atoms with van der Waals surface area (Å²) in [5, 5.41) is 14.2. The van der Waals surface area contributed by atoms with Gasteiger partial charge in [0.2, 0.25) is 5.91 Å². The van der Waals surface area contributed by atoms with Crippen molar-refractivity contribution in [2.24, 2.45) is 5.92 Å². The van der Waals surface area contributed by atoms with Gasteiger partial charge in [0.1, 0.15) is 0 Å². The first kappa shape index (κ1) is 32.4. The van der Waals surface area contributed by atoms with Gasteiger partial charge in [0.25, 0.3) is 0 Å². The van der Waals surface area contributed by atoms with Gasteiger partial charge in [-0.1, -0.05) is 44.2 Å². The number of carbonyl (C=O) groups excluding carboxylic acids is 1. The van der Waals surface area contributed by atoms with Crippen LogP contribution in [0.1, 0.15) is 37.9 Å². The number of aromatic nitrogens is 1. The van der Waals surface area contributed by atoms with E-state index in [1.54, 1.807) is 0 Å². The number of fused-ring (bicyclic) bond motifs is 2. The van der Waals surface area contributed by atoms with E-state index in [0.29, 0.717) is 12.3 Å². The quantitative estimate of drug-likeness (QED) is 0.498. The number of hydrogen-bond donors (Lipinski definition) is 2. The minimum Gasteiger partial charge on any atom is -0.475 e. The molecule has 0 saturated carbocycles. The zero-order valence-corrected chi connectivity index (χ0v) is 21.7. The van der Waals surface area contributed by atoms with Gasteiger partial charge in [-0.2, -0.15) is 26.3 Å². The molecule has 14 heteroatoms. The molecule has 2 aromatic rings. The molecule has 220 valence electrons. The second-order valence-electron chi connectivity index (χ2n) is 9.76. The predicted octanol–water partition coefficient (Wildman–Crippen LogP) is 4.88. The standard InChI is InChI=1S/C22H27N3O.2C2HF3O2/c1-17(2)13-20(26)24-12-10-22(15-24)16-25(14-18-7-4-3-5-8-18)19-9-6-11-23-21(19)22;2*3-2(4,5)1(6)7/h3-9,11,17H,10,12-16H2,1-2H3;2*(H,6,7). The molecule has 1 saturated heterocycles. The highest BCUT2D eigenvalue weighted by atomic mass is 19.4. The summed E-state index contributed by atoms with van der Waals surface area (Å²) in [5.74, 6) is -4.82. The van der Waals surface area contributed by atoms with E-state index in [1.165, 1.54) is 16.9 Å². The first-order valence-electron chi connectivity index (χ1n) is 12.1. The number of likely N-dealkylation sites (tertiary alicyclic amines) is 1. The lowest BCUT2D eigenvalue weighted by Crippen LogP contribution is -2.38. The molecule has 3 heterocycles. The summed E-state index contributed by atoms with van der Waals surface area (Å²) in [7, 11) is 0. The zero-order chi connectivity index (χ0) is 30.3. The number of amides is 1. The van der Waals surface area contributed by atoms with Crippen molar-refractivity contribution < 1.29 is 50.9 Å². The van der Waals surface area contributed by atoms with Crippen LogP contribution in [0.15, 0.2) is 48.7 Å². The smallest absolute Gasteiger partial charge is 0.475 e. The monoisotopic (exact) mass is 577 g/mol. The molecule has 1 unspecified atom stereocenters. The molecule has 1 fully saturated rings. The Labute approximate surface area is 226 Å². The fourth-order valence-corrected chi connectivity index (χ4v) is 4.42. The van der Waals surface area contributed by atoms with Crippen molar-refractivity contribution in [1.29, 1.82) is 0 Å². The highest BCUT2D eigenvalue weighted by Gasteiger charge is 2.49. The van der Waals surface area contributed by atoms with Crippen LogP contribution in [-0.4, -0.2) is 69.9 Å². The van der Waals surface area contributed by atoms with Gasteiger partial charge in [-0.25, -0.2) is 9.59 Å². The molecular weight excluding hydrogens is 548 g/mol. The lowest BCUT2D eigenvalue weighted by atomic mass is 9.85. The van der Waals surface area contributed by atoms with Crippen LogP contribution in [0.4, 0.5) is 32.0 Å². The van der Waals surface area contributed by atoms with Gasteiger partial charge in [0, 0.05) is 38.8 Å². The Kier molecular flexibility index (Phi) is 10.5. The molecule has 2 N–H and O–H groups in total. The summed E-state index contributed by atoms with van der Waals surface area (Å²) < 4.78 is 63.5. The third-order valence-electron chi connectivity index (χ3n) is 6.11. The van der Waals surface area contributed by atoms with Gasteiger partial charge in [-0.05, 0) is 30.0 Å². The first-order valence-corrected chi connectivity index (χ1v) is 12.1. The lowest BCUT2D eigenvalue weighted by Gasteiger charge is -2.26.